The lowest BCUT2D eigenvalue weighted by Crippen LogP contribution is -2.36. The largest absolute Gasteiger partial charge is 0.382 e. The van der Waals surface area contributed by atoms with Crippen molar-refractivity contribution >= 4 is 44.3 Å². The number of benzene rings is 1. The molecule has 0 aliphatic heterocycles. The van der Waals surface area contributed by atoms with Gasteiger partial charge in [-0.3, -0.25) is 4.57 Å². The van der Waals surface area contributed by atoms with E-state index in [1.165, 1.54) is 4.57 Å². The molecular formula is C20H27ClF2N4O2S2. The van der Waals surface area contributed by atoms with Crippen molar-refractivity contribution in [3.8, 4) is 0 Å². The second kappa shape index (κ2) is 9.81. The van der Waals surface area contributed by atoms with Gasteiger partial charge >= 0.3 is 0 Å². The summed E-state index contributed by atoms with van der Waals surface area (Å²) in [6.07, 6.45) is 1.93. The summed E-state index contributed by atoms with van der Waals surface area (Å²) in [6.45, 7) is 12.0. The maximum atomic E-state index is 14.7. The average molecular weight is 493 g/mol. The van der Waals surface area contributed by atoms with E-state index in [2.05, 4.69) is 42.4 Å². The molecule has 1 heterocycles. The summed E-state index contributed by atoms with van der Waals surface area (Å²) in [5.74, 6) is -1.01. The van der Waals surface area contributed by atoms with Crippen molar-refractivity contribution in [1.29, 1.82) is 0 Å². The molecule has 11 heteroatoms. The highest BCUT2D eigenvalue weighted by Gasteiger charge is 2.23. The standard InChI is InChI=1S/C20H27ClF2N4O2S2/c1-12(2)27-11-18(23)30-19(27)26-31(28,29)17-7-14(21)16(8-15(17)22)25-10-13(24-6)9-20(3,4)5/h7-8,11,13,24-25H,1,9-10H2,2-6H3/b26-19+/t13-/m0/s1. The van der Waals surface area contributed by atoms with Gasteiger partial charge in [-0.25, -0.2) is 4.39 Å². The van der Waals surface area contributed by atoms with Gasteiger partial charge in [0, 0.05) is 18.3 Å². The molecule has 0 unspecified atom stereocenters. The Labute approximate surface area is 190 Å². The zero-order chi connectivity index (χ0) is 23.6. The van der Waals surface area contributed by atoms with Gasteiger partial charge < -0.3 is 10.6 Å². The number of halogens is 3. The second-order valence-electron chi connectivity index (χ2n) is 8.38. The lowest BCUT2D eigenvalue weighted by Gasteiger charge is -2.26. The number of nitrogens with one attached hydrogen (secondary N) is 2. The molecule has 0 fully saturated rings. The molecule has 1 aromatic carbocycles. The van der Waals surface area contributed by atoms with E-state index >= 15 is 0 Å². The number of hydrogen-bond donors (Lipinski definition) is 2. The third-order valence-corrected chi connectivity index (χ3v) is 6.82. The van der Waals surface area contributed by atoms with Crippen molar-refractivity contribution in [3.05, 3.63) is 45.7 Å². The van der Waals surface area contributed by atoms with Gasteiger partial charge in [0.15, 0.2) is 5.13 Å². The molecule has 0 aliphatic carbocycles. The number of nitrogens with zero attached hydrogens (tertiary/aromatic N) is 2. The quantitative estimate of drug-likeness (QED) is 0.560. The molecule has 2 rings (SSSR count). The van der Waals surface area contributed by atoms with Crippen molar-refractivity contribution in [1.82, 2.24) is 9.88 Å². The van der Waals surface area contributed by atoms with E-state index in [9.17, 15) is 17.2 Å². The molecule has 172 valence electrons. The highest BCUT2D eigenvalue weighted by Crippen LogP contribution is 2.29. The van der Waals surface area contributed by atoms with E-state index in [4.69, 9.17) is 11.6 Å². The van der Waals surface area contributed by atoms with Crippen molar-refractivity contribution in [2.45, 2.75) is 45.1 Å². The number of thiazole rings is 1. The van der Waals surface area contributed by atoms with Crippen LogP contribution >= 0.6 is 22.9 Å². The fourth-order valence-electron chi connectivity index (χ4n) is 2.92. The number of aromatic nitrogens is 1. The van der Waals surface area contributed by atoms with Crippen LogP contribution < -0.4 is 15.4 Å². The Bertz CT molecular complexity index is 1140. The fraction of sp³-hybridized carbons (Fsp3) is 0.450. The summed E-state index contributed by atoms with van der Waals surface area (Å²) < 4.78 is 58.5. The topological polar surface area (TPSA) is 75.5 Å². The van der Waals surface area contributed by atoms with E-state index < -0.39 is 25.9 Å². The summed E-state index contributed by atoms with van der Waals surface area (Å²) in [6, 6.07) is 2.13. The molecule has 31 heavy (non-hydrogen) atoms. The average Bonchev–Trinajstić information content (AvgIpc) is 2.99. The van der Waals surface area contributed by atoms with Gasteiger partial charge in [0.1, 0.15) is 10.7 Å². The SMILES string of the molecule is C=C(C)n1cc(F)s/c1=N/S(=O)(=O)c1cc(Cl)c(NC[C@H](CC(C)(C)C)NC)cc1F. The molecule has 0 saturated carbocycles. The zero-order valence-electron chi connectivity index (χ0n) is 18.1. The highest BCUT2D eigenvalue weighted by atomic mass is 35.5. The molecule has 1 atom stereocenters. The Morgan fingerprint density at radius 1 is 1.35 bits per heavy atom. The zero-order valence-corrected chi connectivity index (χ0v) is 20.5. The van der Waals surface area contributed by atoms with Gasteiger partial charge in [0.05, 0.1) is 16.9 Å². The van der Waals surface area contributed by atoms with Crippen LogP contribution in [-0.4, -0.2) is 32.6 Å². The van der Waals surface area contributed by atoms with Crippen LogP contribution in [0.25, 0.3) is 5.70 Å². The number of rotatable bonds is 8. The van der Waals surface area contributed by atoms with Crippen LogP contribution in [0.5, 0.6) is 0 Å². The number of sulfonamides is 1. The summed E-state index contributed by atoms with van der Waals surface area (Å²) in [4.78, 5) is -0.869. The Hall–Kier alpha value is -1.75. The maximum absolute atomic E-state index is 14.7. The van der Waals surface area contributed by atoms with Gasteiger partial charge in [-0.1, -0.05) is 50.3 Å². The number of likely N-dealkylation sites (N-methyl/N-ethyl adjacent to an activating group) is 1. The summed E-state index contributed by atoms with van der Waals surface area (Å²) in [5, 5.41) is 5.64. The minimum Gasteiger partial charge on any atom is -0.382 e. The van der Waals surface area contributed by atoms with Crippen LogP contribution in [0.15, 0.2) is 34.2 Å². The van der Waals surface area contributed by atoms with Crippen molar-refractivity contribution in [3.63, 3.8) is 0 Å². The van der Waals surface area contributed by atoms with Gasteiger partial charge in [0.25, 0.3) is 10.0 Å². The van der Waals surface area contributed by atoms with E-state index in [0.717, 1.165) is 24.8 Å². The van der Waals surface area contributed by atoms with Gasteiger partial charge in [0.2, 0.25) is 4.80 Å². The predicted molar refractivity (Wildman–Crippen MR) is 123 cm³/mol. The predicted octanol–water partition coefficient (Wildman–Crippen LogP) is 4.70. The van der Waals surface area contributed by atoms with Crippen molar-refractivity contribution in [2.75, 3.05) is 18.9 Å². The second-order valence-corrected chi connectivity index (χ2v) is 11.3. The van der Waals surface area contributed by atoms with Crippen LogP contribution in [0.3, 0.4) is 0 Å². The fourth-order valence-corrected chi connectivity index (χ4v) is 5.26. The lowest BCUT2D eigenvalue weighted by atomic mass is 9.88. The van der Waals surface area contributed by atoms with E-state index in [1.54, 1.807) is 6.92 Å². The first-order valence-corrected chi connectivity index (χ1v) is 12.1. The first kappa shape index (κ1) is 25.5. The normalized spacial score (nSPS) is 14.0. The molecule has 0 saturated heterocycles. The first-order chi connectivity index (χ1) is 14.2. The Morgan fingerprint density at radius 2 is 2.00 bits per heavy atom. The van der Waals surface area contributed by atoms with Gasteiger partial charge in [-0.2, -0.15) is 12.8 Å². The minimum absolute atomic E-state index is 0.0333. The van der Waals surface area contributed by atoms with Crippen molar-refractivity contribution in [2.24, 2.45) is 9.81 Å². The minimum atomic E-state index is -4.48. The monoisotopic (exact) mass is 492 g/mol. The third kappa shape index (κ3) is 6.86. The maximum Gasteiger partial charge on any atom is 0.288 e. The summed E-state index contributed by atoms with van der Waals surface area (Å²) in [7, 11) is -2.64. The molecule has 2 aromatic rings. The molecule has 6 nitrogen and oxygen atoms in total. The summed E-state index contributed by atoms with van der Waals surface area (Å²) >= 11 is 6.73. The number of allylic oxidation sites excluding steroid dienone is 1. The molecule has 1 aromatic heterocycles. The van der Waals surface area contributed by atoms with Crippen LogP contribution in [0.2, 0.25) is 5.02 Å². The van der Waals surface area contributed by atoms with E-state index in [1.807, 2.05) is 7.05 Å². The van der Waals surface area contributed by atoms with Crippen LogP contribution in [0.1, 0.15) is 34.1 Å². The molecule has 0 radical (unpaired) electrons. The van der Waals surface area contributed by atoms with Gasteiger partial charge in [-0.15, -0.1) is 4.40 Å². The lowest BCUT2D eigenvalue weighted by molar-refractivity contribution is 0.323. The molecule has 0 spiro atoms. The number of hydrogen-bond acceptors (Lipinski definition) is 5. The van der Waals surface area contributed by atoms with Crippen LogP contribution in [0, 0.1) is 16.4 Å². The Morgan fingerprint density at radius 3 is 2.55 bits per heavy atom. The molecule has 0 aliphatic rings. The summed E-state index contributed by atoms with van der Waals surface area (Å²) in [5.41, 5.74) is 0.721. The van der Waals surface area contributed by atoms with Gasteiger partial charge in [-0.05, 0) is 37.9 Å². The molecular weight excluding hydrogens is 466 g/mol. The highest BCUT2D eigenvalue weighted by molar-refractivity contribution is 7.90. The molecule has 0 amide bonds. The number of anilines is 1. The third-order valence-electron chi connectivity index (χ3n) is 4.34. The molecule has 0 bridgehead atoms. The van der Waals surface area contributed by atoms with E-state index in [0.29, 0.717) is 23.6 Å². The van der Waals surface area contributed by atoms with Crippen molar-refractivity contribution < 1.29 is 17.2 Å². The van der Waals surface area contributed by atoms with Crippen LogP contribution in [-0.2, 0) is 10.0 Å². The van der Waals surface area contributed by atoms with E-state index in [-0.39, 0.29) is 27.0 Å². The smallest absolute Gasteiger partial charge is 0.288 e. The Kier molecular flexibility index (Phi) is 8.07. The first-order valence-electron chi connectivity index (χ1n) is 9.48. The Balaban J connectivity index is 2.35. The molecule has 2 N–H and O–H groups in total. The van der Waals surface area contributed by atoms with Crippen LogP contribution in [0.4, 0.5) is 14.5 Å².